The highest BCUT2D eigenvalue weighted by Crippen LogP contribution is 2.25. The van der Waals surface area contributed by atoms with E-state index in [0.717, 1.165) is 11.4 Å². The zero-order chi connectivity index (χ0) is 24.3. The van der Waals surface area contributed by atoms with Crippen LogP contribution in [0.4, 0.5) is 5.69 Å². The number of amides is 1. The minimum absolute atomic E-state index is 0.00330. The normalized spacial score (nSPS) is 11.6. The first-order valence-corrected chi connectivity index (χ1v) is 12.4. The predicted molar refractivity (Wildman–Crippen MR) is 130 cm³/mol. The maximum absolute atomic E-state index is 13.1. The van der Waals surface area contributed by atoms with E-state index >= 15 is 0 Å². The summed E-state index contributed by atoms with van der Waals surface area (Å²) in [5.74, 6) is 0.102. The molecule has 10 heteroatoms. The minimum Gasteiger partial charge on any atom is -0.468 e. The van der Waals surface area contributed by atoms with Crippen molar-refractivity contribution >= 4 is 33.2 Å². The second-order valence-electron chi connectivity index (χ2n) is 7.87. The van der Waals surface area contributed by atoms with E-state index < -0.39 is 10.0 Å². The molecule has 0 aliphatic carbocycles. The number of nitrogens with one attached hydrogen (secondary N) is 2. The molecule has 0 unspecified atom stereocenters. The van der Waals surface area contributed by atoms with Crippen molar-refractivity contribution in [1.82, 2.24) is 14.5 Å². The molecule has 0 aliphatic heterocycles. The lowest BCUT2D eigenvalue weighted by Gasteiger charge is -2.13. The molecule has 0 radical (unpaired) electrons. The van der Waals surface area contributed by atoms with Crippen LogP contribution >= 0.6 is 11.6 Å². The maximum Gasteiger partial charge on any atom is 0.259 e. The molecule has 2 N–H and O–H groups in total. The Balaban J connectivity index is 1.56. The molecule has 0 atom stereocenters. The van der Waals surface area contributed by atoms with Crippen LogP contribution in [-0.2, 0) is 16.6 Å². The van der Waals surface area contributed by atoms with Crippen LogP contribution in [0, 0.1) is 0 Å². The Morgan fingerprint density at radius 1 is 1.12 bits per heavy atom. The second-order valence-corrected chi connectivity index (χ2v) is 10.1. The molecule has 0 spiro atoms. The number of furan rings is 1. The summed E-state index contributed by atoms with van der Waals surface area (Å²) in [4.78, 5) is 13.1. The summed E-state index contributed by atoms with van der Waals surface area (Å²) in [5.41, 5.74) is 2.25. The van der Waals surface area contributed by atoms with Gasteiger partial charge < -0.3 is 9.73 Å². The standard InChI is InChI=1S/C24H23ClN4O4S/c1-16(2)23-22(15-26-29(23)19-10-8-17(25)9-11-19)24(30)28-18-5-3-7-21(13-18)34(31,32)27-14-20-6-4-12-33-20/h3-13,15-16,27H,14H2,1-2H3,(H,28,30). The lowest BCUT2D eigenvalue weighted by Crippen LogP contribution is -2.23. The van der Waals surface area contributed by atoms with E-state index in [2.05, 4.69) is 15.1 Å². The van der Waals surface area contributed by atoms with Crippen LogP contribution in [0.25, 0.3) is 5.69 Å². The lowest BCUT2D eigenvalue weighted by molar-refractivity contribution is 0.102. The van der Waals surface area contributed by atoms with Crippen molar-refractivity contribution in [2.75, 3.05) is 5.32 Å². The van der Waals surface area contributed by atoms with E-state index in [1.807, 2.05) is 26.0 Å². The third-order valence-electron chi connectivity index (χ3n) is 5.09. The monoisotopic (exact) mass is 498 g/mol. The molecule has 2 aromatic carbocycles. The number of hydrogen-bond donors (Lipinski definition) is 2. The highest BCUT2D eigenvalue weighted by Gasteiger charge is 2.22. The fraction of sp³-hybridized carbons (Fsp3) is 0.167. The van der Waals surface area contributed by atoms with Gasteiger partial charge in [0.2, 0.25) is 10.0 Å². The molecular weight excluding hydrogens is 476 g/mol. The van der Waals surface area contributed by atoms with Gasteiger partial charge in [0, 0.05) is 10.7 Å². The minimum atomic E-state index is -3.80. The van der Waals surface area contributed by atoms with Gasteiger partial charge in [-0.1, -0.05) is 31.5 Å². The number of nitrogens with zero attached hydrogens (tertiary/aromatic N) is 2. The number of carbonyl (C=O) groups is 1. The average molecular weight is 499 g/mol. The van der Waals surface area contributed by atoms with Gasteiger partial charge in [0.05, 0.1) is 40.8 Å². The number of aromatic nitrogens is 2. The van der Waals surface area contributed by atoms with Crippen molar-refractivity contribution in [3.05, 3.63) is 95.2 Å². The van der Waals surface area contributed by atoms with E-state index in [1.165, 1.54) is 24.6 Å². The molecule has 0 saturated carbocycles. The fourth-order valence-electron chi connectivity index (χ4n) is 3.48. The van der Waals surface area contributed by atoms with Gasteiger partial charge in [-0.2, -0.15) is 5.10 Å². The number of carbonyl (C=O) groups excluding carboxylic acids is 1. The van der Waals surface area contributed by atoms with Crippen LogP contribution in [0.1, 0.15) is 41.6 Å². The quantitative estimate of drug-likeness (QED) is 0.356. The van der Waals surface area contributed by atoms with Gasteiger partial charge >= 0.3 is 0 Å². The SMILES string of the molecule is CC(C)c1c(C(=O)Nc2cccc(S(=O)(=O)NCc3ccco3)c2)cnn1-c1ccc(Cl)cc1. The molecule has 0 fully saturated rings. The van der Waals surface area contributed by atoms with E-state index in [-0.39, 0.29) is 23.3 Å². The molecular formula is C24H23ClN4O4S. The average Bonchev–Trinajstić information content (AvgIpc) is 3.49. The van der Waals surface area contributed by atoms with Gasteiger partial charge in [0.1, 0.15) is 5.76 Å². The topological polar surface area (TPSA) is 106 Å². The van der Waals surface area contributed by atoms with E-state index in [0.29, 0.717) is 22.0 Å². The number of anilines is 1. The highest BCUT2D eigenvalue weighted by atomic mass is 35.5. The molecule has 34 heavy (non-hydrogen) atoms. The highest BCUT2D eigenvalue weighted by molar-refractivity contribution is 7.89. The smallest absolute Gasteiger partial charge is 0.259 e. The molecule has 176 valence electrons. The van der Waals surface area contributed by atoms with Crippen LogP contribution < -0.4 is 10.0 Å². The largest absolute Gasteiger partial charge is 0.468 e. The van der Waals surface area contributed by atoms with Crippen LogP contribution in [-0.4, -0.2) is 24.1 Å². The summed E-state index contributed by atoms with van der Waals surface area (Å²) in [6.07, 6.45) is 2.98. The van der Waals surface area contributed by atoms with Crippen LogP contribution in [0.5, 0.6) is 0 Å². The first-order valence-electron chi connectivity index (χ1n) is 10.5. The summed E-state index contributed by atoms with van der Waals surface area (Å²) in [7, 11) is -3.80. The number of halogens is 1. The predicted octanol–water partition coefficient (Wildman–Crippen LogP) is 4.97. The Hall–Kier alpha value is -3.40. The molecule has 4 aromatic rings. The summed E-state index contributed by atoms with van der Waals surface area (Å²) >= 11 is 5.99. The van der Waals surface area contributed by atoms with Gasteiger partial charge in [-0.05, 0) is 60.5 Å². The van der Waals surface area contributed by atoms with Gasteiger partial charge in [-0.25, -0.2) is 17.8 Å². The van der Waals surface area contributed by atoms with Crippen molar-refractivity contribution in [3.63, 3.8) is 0 Å². The summed E-state index contributed by atoms with van der Waals surface area (Å²) in [6, 6.07) is 16.6. The first kappa shape index (κ1) is 23.7. The van der Waals surface area contributed by atoms with Crippen molar-refractivity contribution in [3.8, 4) is 5.69 Å². The number of rotatable bonds is 8. The summed E-state index contributed by atoms with van der Waals surface area (Å²) in [6.45, 7) is 3.96. The van der Waals surface area contributed by atoms with Gasteiger partial charge in [0.15, 0.2) is 0 Å². The zero-order valence-electron chi connectivity index (χ0n) is 18.5. The Labute approximate surface area is 202 Å². The summed E-state index contributed by atoms with van der Waals surface area (Å²) in [5, 5.41) is 7.79. The van der Waals surface area contributed by atoms with Gasteiger partial charge in [-0.3, -0.25) is 4.79 Å². The Bertz CT molecular complexity index is 1400. The molecule has 4 rings (SSSR count). The number of hydrogen-bond acceptors (Lipinski definition) is 5. The van der Waals surface area contributed by atoms with Crippen molar-refractivity contribution in [2.24, 2.45) is 0 Å². The first-order chi connectivity index (χ1) is 16.2. The Morgan fingerprint density at radius 2 is 1.88 bits per heavy atom. The second kappa shape index (κ2) is 9.84. The molecule has 2 heterocycles. The van der Waals surface area contributed by atoms with Crippen molar-refractivity contribution in [1.29, 1.82) is 0 Å². The van der Waals surface area contributed by atoms with Crippen molar-refractivity contribution in [2.45, 2.75) is 31.2 Å². The third kappa shape index (κ3) is 5.22. The molecule has 8 nitrogen and oxygen atoms in total. The molecule has 2 aromatic heterocycles. The van der Waals surface area contributed by atoms with Crippen LogP contribution in [0.15, 0.2) is 82.4 Å². The number of benzene rings is 2. The molecule has 0 aliphatic rings. The fourth-order valence-corrected chi connectivity index (χ4v) is 4.64. The Kier molecular flexibility index (Phi) is 6.87. The van der Waals surface area contributed by atoms with Gasteiger partial charge in [0.25, 0.3) is 5.91 Å². The van der Waals surface area contributed by atoms with Crippen LogP contribution in [0.3, 0.4) is 0 Å². The molecule has 0 saturated heterocycles. The molecule has 1 amide bonds. The zero-order valence-corrected chi connectivity index (χ0v) is 20.1. The van der Waals surface area contributed by atoms with E-state index in [9.17, 15) is 13.2 Å². The molecule has 0 bridgehead atoms. The Morgan fingerprint density at radius 3 is 2.56 bits per heavy atom. The maximum atomic E-state index is 13.1. The van der Waals surface area contributed by atoms with Gasteiger partial charge in [-0.15, -0.1) is 0 Å². The van der Waals surface area contributed by atoms with E-state index in [4.69, 9.17) is 16.0 Å². The van der Waals surface area contributed by atoms with Crippen molar-refractivity contribution < 1.29 is 17.6 Å². The lowest BCUT2D eigenvalue weighted by atomic mass is 10.0. The third-order valence-corrected chi connectivity index (χ3v) is 6.74. The van der Waals surface area contributed by atoms with E-state index in [1.54, 1.807) is 41.1 Å². The summed E-state index contributed by atoms with van der Waals surface area (Å²) < 4.78 is 34.7. The van der Waals surface area contributed by atoms with Crippen LogP contribution in [0.2, 0.25) is 5.02 Å². The number of sulfonamides is 1.